The quantitative estimate of drug-likeness (QED) is 0.872. The molecule has 0 aromatic heterocycles. The number of nitrogens with one attached hydrogen (secondary N) is 1. The van der Waals surface area contributed by atoms with Gasteiger partial charge < -0.3 is 0 Å². The molecule has 0 bridgehead atoms. The Bertz CT molecular complexity index is 553. The van der Waals surface area contributed by atoms with Crippen molar-refractivity contribution < 1.29 is 12.8 Å². The minimum atomic E-state index is -3.72. The highest BCUT2D eigenvalue weighted by Crippen LogP contribution is 2.48. The van der Waals surface area contributed by atoms with Crippen molar-refractivity contribution in [2.24, 2.45) is 17.8 Å². The topological polar surface area (TPSA) is 46.2 Å². The standard InChI is InChI=1S/C14H18FNO2S/c15-13-3-1-2-4-14(13)19(17,18)16-9-12(10-5-6-10)11-7-8-11/h1-4,10-12,16H,5-9H2. The molecule has 1 N–H and O–H groups in total. The Balaban J connectivity index is 1.69. The number of hydrogen-bond acceptors (Lipinski definition) is 2. The van der Waals surface area contributed by atoms with Gasteiger partial charge in [0.1, 0.15) is 10.7 Å². The Morgan fingerprint density at radius 3 is 2.26 bits per heavy atom. The SMILES string of the molecule is O=S(=O)(NCC(C1CC1)C1CC1)c1ccccc1F. The van der Waals surface area contributed by atoms with E-state index >= 15 is 0 Å². The van der Waals surface area contributed by atoms with Gasteiger partial charge in [-0.3, -0.25) is 0 Å². The zero-order chi connectivity index (χ0) is 13.5. The Labute approximate surface area is 113 Å². The Morgan fingerprint density at radius 2 is 1.74 bits per heavy atom. The molecule has 0 saturated heterocycles. The van der Waals surface area contributed by atoms with Gasteiger partial charge in [0.25, 0.3) is 0 Å². The van der Waals surface area contributed by atoms with Crippen molar-refractivity contribution in [3.63, 3.8) is 0 Å². The molecule has 0 unspecified atom stereocenters. The highest BCUT2D eigenvalue weighted by molar-refractivity contribution is 7.89. The van der Waals surface area contributed by atoms with Gasteiger partial charge in [0.05, 0.1) is 0 Å². The Morgan fingerprint density at radius 1 is 1.16 bits per heavy atom. The predicted molar refractivity (Wildman–Crippen MR) is 70.5 cm³/mol. The van der Waals surface area contributed by atoms with Gasteiger partial charge >= 0.3 is 0 Å². The van der Waals surface area contributed by atoms with Gasteiger partial charge in [-0.15, -0.1) is 0 Å². The maximum atomic E-state index is 13.5. The largest absolute Gasteiger partial charge is 0.243 e. The van der Waals surface area contributed by atoms with Crippen LogP contribution in [0.3, 0.4) is 0 Å². The van der Waals surface area contributed by atoms with E-state index in [1.807, 2.05) is 0 Å². The van der Waals surface area contributed by atoms with Gasteiger partial charge in [-0.1, -0.05) is 12.1 Å². The smallest absolute Gasteiger partial charge is 0.211 e. The predicted octanol–water partition coefficient (Wildman–Crippen LogP) is 2.54. The van der Waals surface area contributed by atoms with Crippen LogP contribution in [0.15, 0.2) is 29.2 Å². The van der Waals surface area contributed by atoms with E-state index < -0.39 is 15.8 Å². The molecular weight excluding hydrogens is 265 g/mol. The molecule has 2 aliphatic rings. The summed E-state index contributed by atoms with van der Waals surface area (Å²) in [5, 5.41) is 0. The maximum absolute atomic E-state index is 13.5. The lowest BCUT2D eigenvalue weighted by molar-refractivity contribution is 0.401. The van der Waals surface area contributed by atoms with Crippen molar-refractivity contribution in [3.8, 4) is 0 Å². The fourth-order valence-electron chi connectivity index (χ4n) is 2.71. The van der Waals surface area contributed by atoms with Gasteiger partial charge in [0, 0.05) is 6.54 Å². The van der Waals surface area contributed by atoms with E-state index in [0.29, 0.717) is 24.3 Å². The number of sulfonamides is 1. The molecule has 2 aliphatic carbocycles. The number of rotatable bonds is 6. The molecule has 0 spiro atoms. The average molecular weight is 283 g/mol. The molecular formula is C14H18FNO2S. The first-order valence-corrected chi connectivity index (χ1v) is 8.30. The van der Waals surface area contributed by atoms with Crippen molar-refractivity contribution in [3.05, 3.63) is 30.1 Å². The van der Waals surface area contributed by atoms with Crippen LogP contribution in [0, 0.1) is 23.6 Å². The van der Waals surface area contributed by atoms with Crippen LogP contribution in [0.2, 0.25) is 0 Å². The molecule has 1 aromatic carbocycles. The molecule has 104 valence electrons. The fourth-order valence-corrected chi connectivity index (χ4v) is 3.86. The summed E-state index contributed by atoms with van der Waals surface area (Å²) in [5.74, 6) is 1.11. The third-order valence-electron chi connectivity index (χ3n) is 4.09. The first kappa shape index (κ1) is 13.1. The lowest BCUT2D eigenvalue weighted by Gasteiger charge is -2.16. The highest BCUT2D eigenvalue weighted by Gasteiger charge is 2.41. The van der Waals surface area contributed by atoms with Crippen LogP contribution in [0.25, 0.3) is 0 Å². The number of halogens is 1. The normalized spacial score (nSPS) is 19.9. The summed E-state index contributed by atoms with van der Waals surface area (Å²) < 4.78 is 40.3. The average Bonchev–Trinajstić information content (AvgIpc) is 3.24. The van der Waals surface area contributed by atoms with Crippen LogP contribution < -0.4 is 4.72 Å². The second kappa shape index (κ2) is 4.87. The molecule has 2 fully saturated rings. The fraction of sp³-hybridized carbons (Fsp3) is 0.571. The molecule has 0 atom stereocenters. The van der Waals surface area contributed by atoms with Gasteiger partial charge in [-0.2, -0.15) is 0 Å². The minimum Gasteiger partial charge on any atom is -0.211 e. The first-order chi connectivity index (χ1) is 9.08. The summed E-state index contributed by atoms with van der Waals surface area (Å²) in [4.78, 5) is -0.250. The summed E-state index contributed by atoms with van der Waals surface area (Å²) in [6, 6.07) is 5.51. The van der Waals surface area contributed by atoms with E-state index in [-0.39, 0.29) is 4.90 Å². The van der Waals surface area contributed by atoms with E-state index in [1.54, 1.807) is 0 Å². The van der Waals surface area contributed by atoms with E-state index in [1.165, 1.54) is 49.9 Å². The molecule has 19 heavy (non-hydrogen) atoms. The van der Waals surface area contributed by atoms with Crippen molar-refractivity contribution in [2.75, 3.05) is 6.54 Å². The van der Waals surface area contributed by atoms with Crippen molar-refractivity contribution in [1.29, 1.82) is 0 Å². The summed E-state index contributed by atoms with van der Waals surface area (Å²) >= 11 is 0. The van der Waals surface area contributed by atoms with E-state index in [2.05, 4.69) is 4.72 Å². The highest BCUT2D eigenvalue weighted by atomic mass is 32.2. The zero-order valence-electron chi connectivity index (χ0n) is 10.7. The molecule has 0 heterocycles. The van der Waals surface area contributed by atoms with E-state index in [0.717, 1.165) is 0 Å². The molecule has 0 amide bonds. The third-order valence-corrected chi connectivity index (χ3v) is 5.55. The minimum absolute atomic E-state index is 0.250. The third kappa shape index (κ3) is 2.98. The van der Waals surface area contributed by atoms with Crippen LogP contribution in [0.5, 0.6) is 0 Å². The second-order valence-corrected chi connectivity index (χ2v) is 7.36. The Kier molecular flexibility index (Phi) is 3.35. The second-order valence-electron chi connectivity index (χ2n) is 5.62. The van der Waals surface area contributed by atoms with Crippen molar-refractivity contribution >= 4 is 10.0 Å². The van der Waals surface area contributed by atoms with Crippen LogP contribution in [-0.4, -0.2) is 15.0 Å². The van der Waals surface area contributed by atoms with E-state index in [4.69, 9.17) is 0 Å². The Hall–Kier alpha value is -0.940. The van der Waals surface area contributed by atoms with E-state index in [9.17, 15) is 12.8 Å². The summed E-state index contributed by atoms with van der Waals surface area (Å²) in [6.07, 6.45) is 4.84. The summed E-state index contributed by atoms with van der Waals surface area (Å²) in [7, 11) is -3.72. The lowest BCUT2D eigenvalue weighted by atomic mass is 9.99. The lowest BCUT2D eigenvalue weighted by Crippen LogP contribution is -2.31. The summed E-state index contributed by atoms with van der Waals surface area (Å²) in [5.41, 5.74) is 0. The van der Waals surface area contributed by atoms with Crippen molar-refractivity contribution in [1.82, 2.24) is 4.72 Å². The number of benzene rings is 1. The molecule has 3 rings (SSSR count). The van der Waals surface area contributed by atoms with Crippen LogP contribution in [0.1, 0.15) is 25.7 Å². The molecule has 0 aliphatic heterocycles. The van der Waals surface area contributed by atoms with Crippen LogP contribution >= 0.6 is 0 Å². The molecule has 5 heteroatoms. The molecule has 2 saturated carbocycles. The summed E-state index contributed by atoms with van der Waals surface area (Å²) in [6.45, 7) is 0.450. The van der Waals surface area contributed by atoms with Crippen LogP contribution in [0.4, 0.5) is 4.39 Å². The van der Waals surface area contributed by atoms with Gasteiger partial charge in [-0.25, -0.2) is 17.5 Å². The molecule has 0 radical (unpaired) electrons. The van der Waals surface area contributed by atoms with Crippen molar-refractivity contribution in [2.45, 2.75) is 30.6 Å². The zero-order valence-corrected chi connectivity index (χ0v) is 11.5. The number of hydrogen-bond donors (Lipinski definition) is 1. The molecule has 3 nitrogen and oxygen atoms in total. The van der Waals surface area contributed by atoms with Gasteiger partial charge in [0.15, 0.2) is 0 Å². The monoisotopic (exact) mass is 283 g/mol. The van der Waals surface area contributed by atoms with Gasteiger partial charge in [0.2, 0.25) is 10.0 Å². The first-order valence-electron chi connectivity index (χ1n) is 6.82. The van der Waals surface area contributed by atoms with Crippen LogP contribution in [-0.2, 0) is 10.0 Å². The maximum Gasteiger partial charge on any atom is 0.243 e. The van der Waals surface area contributed by atoms with Gasteiger partial charge in [-0.05, 0) is 55.6 Å². The molecule has 1 aromatic rings.